The summed E-state index contributed by atoms with van der Waals surface area (Å²) in [5, 5.41) is 4.02. The highest BCUT2D eigenvalue weighted by atomic mass is 19.1. The molecule has 12 nitrogen and oxygen atoms in total. The van der Waals surface area contributed by atoms with Gasteiger partial charge in [-0.05, 0) is 12.1 Å². The molecule has 3 amide bonds. The molecule has 188 valence electrons. The number of ketones is 1. The van der Waals surface area contributed by atoms with Gasteiger partial charge in [0.15, 0.2) is 5.82 Å². The molecule has 1 aliphatic rings. The second kappa shape index (κ2) is 9.60. The molecular formula is C24H22FN8O4+. The van der Waals surface area contributed by atoms with Crippen molar-refractivity contribution in [3.8, 4) is 5.82 Å². The fourth-order valence-electron chi connectivity index (χ4n) is 4.21. The van der Waals surface area contributed by atoms with E-state index in [0.29, 0.717) is 5.56 Å². The molecule has 0 aliphatic carbocycles. The number of nitrogens with zero attached hydrogens (tertiary/aromatic N) is 6. The van der Waals surface area contributed by atoms with Gasteiger partial charge in [0.2, 0.25) is 5.91 Å². The fraction of sp³-hybridized carbons (Fsp3) is 0.208. The van der Waals surface area contributed by atoms with E-state index in [1.165, 1.54) is 35.1 Å². The van der Waals surface area contributed by atoms with Gasteiger partial charge in [0.25, 0.3) is 17.6 Å². The van der Waals surface area contributed by atoms with Crippen molar-refractivity contribution in [3.05, 3.63) is 72.1 Å². The molecular weight excluding hydrogens is 483 g/mol. The van der Waals surface area contributed by atoms with Crippen molar-refractivity contribution in [1.29, 1.82) is 0 Å². The Kier molecular flexibility index (Phi) is 6.17. The monoisotopic (exact) mass is 505 g/mol. The van der Waals surface area contributed by atoms with E-state index in [4.69, 9.17) is 0 Å². The highest BCUT2D eigenvalue weighted by molar-refractivity contribution is 6.45. The Balaban J connectivity index is 1.34. The molecule has 1 aromatic carbocycles. The zero-order valence-corrected chi connectivity index (χ0v) is 19.7. The molecule has 1 aliphatic heterocycles. The standard InChI is InChI=1S/C24H21FN8O4/c1-15(34)28-33-12-11-32(29-33)22-20-19(18(25)14-27-22)17(13-26-20)21(35)24(37)31-9-7-30(8-10-31)23(36)16-5-3-2-4-6-16/h2-6,11-14H,7-10H2,1H3,(H-,26,27,28,29,34,35)/p+1. The molecule has 0 atom stereocenters. The van der Waals surface area contributed by atoms with Gasteiger partial charge in [0, 0.05) is 44.9 Å². The molecule has 13 heteroatoms. The lowest BCUT2D eigenvalue weighted by Gasteiger charge is -2.34. The first-order chi connectivity index (χ1) is 17.8. The van der Waals surface area contributed by atoms with Crippen LogP contribution in [-0.4, -0.2) is 79.5 Å². The highest BCUT2D eigenvalue weighted by Crippen LogP contribution is 2.24. The number of carbonyl (C=O) groups is 4. The van der Waals surface area contributed by atoms with E-state index in [1.807, 2.05) is 6.07 Å². The summed E-state index contributed by atoms with van der Waals surface area (Å²) in [6, 6.07) is 8.82. The van der Waals surface area contributed by atoms with Crippen molar-refractivity contribution >= 4 is 34.4 Å². The predicted molar refractivity (Wildman–Crippen MR) is 127 cm³/mol. The Hall–Kier alpha value is -4.94. The molecule has 0 bridgehead atoms. The normalized spacial score (nSPS) is 13.6. The number of aromatic nitrogens is 5. The van der Waals surface area contributed by atoms with E-state index in [2.05, 4.69) is 20.6 Å². The number of Topliss-reactive ketones (excluding diaryl/α,β-unsaturated/α-hetero) is 1. The molecule has 5 rings (SSSR count). The third-order valence-corrected chi connectivity index (χ3v) is 5.99. The van der Waals surface area contributed by atoms with Crippen LogP contribution in [0.1, 0.15) is 27.6 Å². The number of benzene rings is 1. The molecule has 2 N–H and O–H groups in total. The van der Waals surface area contributed by atoms with E-state index in [-0.39, 0.29) is 60.3 Å². The number of pyridine rings is 1. The number of rotatable bonds is 5. The van der Waals surface area contributed by atoms with Gasteiger partial charge >= 0.3 is 5.82 Å². The van der Waals surface area contributed by atoms with E-state index in [1.54, 1.807) is 29.2 Å². The molecule has 4 aromatic rings. The Morgan fingerprint density at radius 3 is 2.46 bits per heavy atom. The SMILES string of the molecule is CC(=O)Nn1cc[n+](-c2ncc(F)c3c(C(=O)C(=O)N4CCN(C(=O)c5ccccc5)CC4)c[nH]c23)n1. The fourth-order valence-corrected chi connectivity index (χ4v) is 4.21. The lowest BCUT2D eigenvalue weighted by Crippen LogP contribution is -2.52. The quantitative estimate of drug-likeness (QED) is 0.229. The first-order valence-electron chi connectivity index (χ1n) is 11.4. The van der Waals surface area contributed by atoms with Crippen LogP contribution in [0.25, 0.3) is 16.7 Å². The number of nitrogens with one attached hydrogen (secondary N) is 2. The molecule has 1 saturated heterocycles. The smallest absolute Gasteiger partial charge is 0.310 e. The highest BCUT2D eigenvalue weighted by Gasteiger charge is 2.32. The summed E-state index contributed by atoms with van der Waals surface area (Å²) in [6.07, 6.45) is 5.14. The van der Waals surface area contributed by atoms with Gasteiger partial charge in [-0.25, -0.2) is 4.39 Å². The minimum absolute atomic E-state index is 0.0946. The van der Waals surface area contributed by atoms with Gasteiger partial charge in [-0.1, -0.05) is 23.0 Å². The Morgan fingerprint density at radius 1 is 1.05 bits per heavy atom. The second-order valence-corrected chi connectivity index (χ2v) is 8.41. The van der Waals surface area contributed by atoms with Crippen molar-refractivity contribution in [3.63, 3.8) is 0 Å². The van der Waals surface area contributed by atoms with Gasteiger partial charge in [0.1, 0.15) is 24.1 Å². The minimum Gasteiger partial charge on any atom is -0.355 e. The van der Waals surface area contributed by atoms with Gasteiger partial charge in [0.05, 0.1) is 16.2 Å². The van der Waals surface area contributed by atoms with Gasteiger partial charge in [-0.15, -0.1) is 9.67 Å². The Labute approximate surface area is 209 Å². The number of piperazine rings is 1. The van der Waals surface area contributed by atoms with Crippen molar-refractivity contribution in [1.82, 2.24) is 29.8 Å². The van der Waals surface area contributed by atoms with E-state index < -0.39 is 17.5 Å². The summed E-state index contributed by atoms with van der Waals surface area (Å²) < 4.78 is 16.1. The van der Waals surface area contributed by atoms with Crippen molar-refractivity contribution < 1.29 is 28.3 Å². The van der Waals surface area contributed by atoms with E-state index >= 15 is 0 Å². The van der Waals surface area contributed by atoms with Crippen LogP contribution in [0, 0.1) is 5.82 Å². The second-order valence-electron chi connectivity index (χ2n) is 8.41. The van der Waals surface area contributed by atoms with Crippen LogP contribution in [0.5, 0.6) is 0 Å². The Morgan fingerprint density at radius 2 is 1.76 bits per heavy atom. The van der Waals surface area contributed by atoms with Crippen LogP contribution in [0.3, 0.4) is 0 Å². The summed E-state index contributed by atoms with van der Waals surface area (Å²) in [7, 11) is 0. The number of amides is 3. The molecule has 0 saturated carbocycles. The van der Waals surface area contributed by atoms with Gasteiger partial charge in [-0.3, -0.25) is 19.2 Å². The third kappa shape index (κ3) is 4.53. The lowest BCUT2D eigenvalue weighted by atomic mass is 10.1. The first kappa shape index (κ1) is 23.8. The van der Waals surface area contributed by atoms with Crippen LogP contribution in [0.2, 0.25) is 0 Å². The Bertz CT molecular complexity index is 1520. The summed E-state index contributed by atoms with van der Waals surface area (Å²) in [6.45, 7) is 2.23. The van der Waals surface area contributed by atoms with Gasteiger partial charge < -0.3 is 14.8 Å². The lowest BCUT2D eigenvalue weighted by molar-refractivity contribution is -0.663. The summed E-state index contributed by atoms with van der Waals surface area (Å²) >= 11 is 0. The van der Waals surface area contributed by atoms with Crippen molar-refractivity contribution in [2.45, 2.75) is 6.92 Å². The largest absolute Gasteiger partial charge is 0.355 e. The number of hydrogen-bond donors (Lipinski definition) is 2. The van der Waals surface area contributed by atoms with Crippen LogP contribution in [-0.2, 0) is 9.59 Å². The number of aromatic amines is 1. The summed E-state index contributed by atoms with van der Waals surface area (Å²) in [5.41, 5.74) is 3.03. The minimum atomic E-state index is -0.876. The van der Waals surface area contributed by atoms with Crippen LogP contribution >= 0.6 is 0 Å². The maximum absolute atomic E-state index is 14.8. The third-order valence-electron chi connectivity index (χ3n) is 5.99. The maximum Gasteiger partial charge on any atom is 0.310 e. The zero-order chi connectivity index (χ0) is 26.1. The topological polar surface area (TPSA) is 137 Å². The van der Waals surface area contributed by atoms with Crippen LogP contribution in [0.15, 0.2) is 55.1 Å². The van der Waals surface area contributed by atoms with Crippen LogP contribution < -0.4 is 10.1 Å². The number of H-pyrrole nitrogens is 1. The molecule has 37 heavy (non-hydrogen) atoms. The van der Waals surface area contributed by atoms with Crippen molar-refractivity contribution in [2.24, 2.45) is 0 Å². The average molecular weight is 505 g/mol. The molecule has 0 radical (unpaired) electrons. The number of carbonyl (C=O) groups excluding carboxylic acids is 4. The summed E-state index contributed by atoms with van der Waals surface area (Å²) in [4.78, 5) is 61.1. The molecule has 0 spiro atoms. The summed E-state index contributed by atoms with van der Waals surface area (Å²) in [5.74, 6) is -2.76. The average Bonchev–Trinajstić information content (AvgIpc) is 3.56. The number of halogens is 1. The maximum atomic E-state index is 14.8. The van der Waals surface area contributed by atoms with E-state index in [9.17, 15) is 23.6 Å². The molecule has 4 heterocycles. The van der Waals surface area contributed by atoms with E-state index in [0.717, 1.165) is 11.0 Å². The molecule has 3 aromatic heterocycles. The number of fused-ring (bicyclic) bond motifs is 1. The number of hydrogen-bond acceptors (Lipinski definition) is 6. The zero-order valence-electron chi connectivity index (χ0n) is 19.7. The van der Waals surface area contributed by atoms with Crippen LogP contribution in [0.4, 0.5) is 4.39 Å². The van der Waals surface area contributed by atoms with Crippen molar-refractivity contribution in [2.75, 3.05) is 31.6 Å². The molecule has 1 fully saturated rings. The molecule has 0 unspecified atom stereocenters. The predicted octanol–water partition coefficient (Wildman–Crippen LogP) is 0.433. The first-order valence-corrected chi connectivity index (χ1v) is 11.4. The van der Waals surface area contributed by atoms with Gasteiger partial charge in [-0.2, -0.15) is 5.43 Å².